The topological polar surface area (TPSA) is 43.4 Å². The smallest absolute Gasteiger partial charge is 0.461 e. The van der Waals surface area contributed by atoms with Crippen molar-refractivity contribution in [3.63, 3.8) is 0 Å². The SMILES string of the molecule is COc1ccc(-c2nc(-c3ccc(NSC(F)(F)F)cc3Cl)cs2)cc1OC. The van der Waals surface area contributed by atoms with E-state index in [9.17, 15) is 13.2 Å². The summed E-state index contributed by atoms with van der Waals surface area (Å²) in [6.45, 7) is 0. The molecule has 3 rings (SSSR count). The first-order valence-corrected chi connectivity index (χ1v) is 9.86. The molecule has 2 aromatic carbocycles. The number of hydrogen-bond donors (Lipinski definition) is 1. The highest BCUT2D eigenvalue weighted by Crippen LogP contribution is 2.38. The van der Waals surface area contributed by atoms with Crippen LogP contribution < -0.4 is 14.2 Å². The Bertz CT molecular complexity index is 980. The zero-order valence-electron chi connectivity index (χ0n) is 14.6. The van der Waals surface area contributed by atoms with Crippen LogP contribution in [0.25, 0.3) is 21.8 Å². The number of aromatic nitrogens is 1. The molecule has 0 amide bonds. The first kappa shape index (κ1) is 20.6. The van der Waals surface area contributed by atoms with E-state index in [1.165, 1.54) is 23.5 Å². The molecule has 0 radical (unpaired) electrons. The quantitative estimate of drug-likeness (QED) is 0.425. The fourth-order valence-electron chi connectivity index (χ4n) is 2.40. The van der Waals surface area contributed by atoms with Gasteiger partial charge in [0, 0.05) is 22.2 Å². The first-order chi connectivity index (χ1) is 13.3. The van der Waals surface area contributed by atoms with Crippen LogP contribution in [-0.4, -0.2) is 24.7 Å². The molecule has 0 atom stereocenters. The first-order valence-electron chi connectivity index (χ1n) is 7.79. The molecule has 0 fully saturated rings. The predicted molar refractivity (Wildman–Crippen MR) is 108 cm³/mol. The van der Waals surface area contributed by atoms with E-state index in [0.29, 0.717) is 27.8 Å². The molecule has 0 aliphatic rings. The normalized spacial score (nSPS) is 11.4. The second-order valence-electron chi connectivity index (χ2n) is 5.45. The highest BCUT2D eigenvalue weighted by Gasteiger charge is 2.29. The van der Waals surface area contributed by atoms with Gasteiger partial charge in [0.25, 0.3) is 0 Å². The molecule has 1 heterocycles. The van der Waals surface area contributed by atoms with E-state index in [2.05, 4.69) is 9.71 Å². The van der Waals surface area contributed by atoms with Crippen molar-refractivity contribution >= 4 is 40.6 Å². The number of anilines is 1. The summed E-state index contributed by atoms with van der Waals surface area (Å²) in [6.07, 6.45) is 0. The van der Waals surface area contributed by atoms with Gasteiger partial charge in [-0.05, 0) is 36.4 Å². The number of rotatable bonds is 6. The van der Waals surface area contributed by atoms with Gasteiger partial charge in [-0.15, -0.1) is 11.3 Å². The molecule has 0 unspecified atom stereocenters. The number of methoxy groups -OCH3 is 2. The molecule has 3 aromatic rings. The lowest BCUT2D eigenvalue weighted by molar-refractivity contribution is -0.0323. The zero-order chi connectivity index (χ0) is 20.3. The van der Waals surface area contributed by atoms with Gasteiger partial charge in [0.2, 0.25) is 0 Å². The summed E-state index contributed by atoms with van der Waals surface area (Å²) in [5, 5.41) is 2.89. The molecular weight excluding hydrogens is 433 g/mol. The molecule has 1 N–H and O–H groups in total. The van der Waals surface area contributed by atoms with Crippen LogP contribution in [0.3, 0.4) is 0 Å². The van der Waals surface area contributed by atoms with E-state index >= 15 is 0 Å². The second kappa shape index (κ2) is 8.50. The standard InChI is InChI=1S/C18H14ClF3N2O2S2/c1-25-15-6-3-10(7-16(15)26-2)17-23-14(9-27-17)12-5-4-11(8-13(12)19)24-28-18(20,21)22/h3-9,24H,1-2H3. The molecule has 0 saturated carbocycles. The summed E-state index contributed by atoms with van der Waals surface area (Å²) < 4.78 is 49.6. The lowest BCUT2D eigenvalue weighted by Crippen LogP contribution is -2.04. The molecular formula is C18H14ClF3N2O2S2. The lowest BCUT2D eigenvalue weighted by Gasteiger charge is -2.09. The van der Waals surface area contributed by atoms with Crippen molar-refractivity contribution in [1.82, 2.24) is 4.98 Å². The maximum atomic E-state index is 12.3. The summed E-state index contributed by atoms with van der Waals surface area (Å²) in [6, 6.07) is 10.1. The highest BCUT2D eigenvalue weighted by molar-refractivity contribution is 8.01. The van der Waals surface area contributed by atoms with Gasteiger partial charge in [-0.2, -0.15) is 13.2 Å². The average molecular weight is 447 g/mol. The minimum Gasteiger partial charge on any atom is -0.493 e. The number of nitrogens with zero attached hydrogens (tertiary/aromatic N) is 1. The molecule has 0 spiro atoms. The van der Waals surface area contributed by atoms with Crippen molar-refractivity contribution in [3.8, 4) is 33.3 Å². The van der Waals surface area contributed by atoms with Crippen LogP contribution in [0.2, 0.25) is 5.02 Å². The Morgan fingerprint density at radius 1 is 1.07 bits per heavy atom. The maximum absolute atomic E-state index is 12.3. The summed E-state index contributed by atoms with van der Waals surface area (Å²) >= 11 is 7.34. The summed E-state index contributed by atoms with van der Waals surface area (Å²) in [5.41, 5.74) is -2.01. The Morgan fingerprint density at radius 2 is 1.82 bits per heavy atom. The van der Waals surface area contributed by atoms with Gasteiger partial charge in [0.15, 0.2) is 11.5 Å². The number of ether oxygens (including phenoxy) is 2. The third-order valence-corrected chi connectivity index (χ3v) is 5.44. The van der Waals surface area contributed by atoms with E-state index in [1.54, 1.807) is 26.4 Å². The van der Waals surface area contributed by atoms with Crippen LogP contribution in [0.4, 0.5) is 18.9 Å². The molecule has 148 valence electrons. The number of hydrogen-bond acceptors (Lipinski definition) is 6. The van der Waals surface area contributed by atoms with Crippen LogP contribution in [0.1, 0.15) is 0 Å². The van der Waals surface area contributed by atoms with Gasteiger partial charge in [0.1, 0.15) is 5.01 Å². The fraction of sp³-hybridized carbons (Fsp3) is 0.167. The zero-order valence-corrected chi connectivity index (χ0v) is 17.0. The number of benzene rings is 2. The van der Waals surface area contributed by atoms with Crippen LogP contribution in [0, 0.1) is 0 Å². The Balaban J connectivity index is 1.84. The van der Waals surface area contributed by atoms with E-state index in [1.807, 2.05) is 17.5 Å². The minimum absolute atomic E-state index is 0.256. The van der Waals surface area contributed by atoms with Gasteiger partial charge < -0.3 is 14.2 Å². The Labute approximate surface area is 172 Å². The van der Waals surface area contributed by atoms with Crippen LogP contribution in [0.15, 0.2) is 41.8 Å². The third kappa shape index (κ3) is 4.84. The van der Waals surface area contributed by atoms with Gasteiger partial charge in [0.05, 0.1) is 36.9 Å². The molecule has 4 nitrogen and oxygen atoms in total. The fourth-order valence-corrected chi connectivity index (χ4v) is 3.86. The molecule has 0 aliphatic heterocycles. The van der Waals surface area contributed by atoms with E-state index in [0.717, 1.165) is 10.6 Å². The average Bonchev–Trinajstić information content (AvgIpc) is 3.15. The Morgan fingerprint density at radius 3 is 2.46 bits per heavy atom. The van der Waals surface area contributed by atoms with Gasteiger partial charge in [-0.1, -0.05) is 11.6 Å². The van der Waals surface area contributed by atoms with Crippen LogP contribution in [0.5, 0.6) is 11.5 Å². The number of alkyl halides is 3. The van der Waals surface area contributed by atoms with Crippen LogP contribution in [-0.2, 0) is 0 Å². The highest BCUT2D eigenvalue weighted by atomic mass is 35.5. The van der Waals surface area contributed by atoms with Crippen molar-refractivity contribution in [2.45, 2.75) is 5.51 Å². The van der Waals surface area contributed by atoms with Crippen molar-refractivity contribution in [2.24, 2.45) is 0 Å². The lowest BCUT2D eigenvalue weighted by atomic mass is 10.1. The molecule has 0 bridgehead atoms. The third-order valence-electron chi connectivity index (χ3n) is 3.66. The molecule has 10 heteroatoms. The van der Waals surface area contributed by atoms with Gasteiger partial charge in [-0.25, -0.2) is 4.98 Å². The number of halogens is 4. The maximum Gasteiger partial charge on any atom is 0.461 e. The van der Waals surface area contributed by atoms with Gasteiger partial charge in [-0.3, -0.25) is 0 Å². The molecule has 1 aromatic heterocycles. The molecule has 0 saturated heterocycles. The molecule has 28 heavy (non-hydrogen) atoms. The largest absolute Gasteiger partial charge is 0.493 e. The summed E-state index contributed by atoms with van der Waals surface area (Å²) in [4.78, 5) is 4.59. The minimum atomic E-state index is -4.38. The van der Waals surface area contributed by atoms with Crippen LogP contribution >= 0.6 is 34.9 Å². The van der Waals surface area contributed by atoms with E-state index in [4.69, 9.17) is 21.1 Å². The van der Waals surface area contributed by atoms with Gasteiger partial charge >= 0.3 is 5.51 Å². The van der Waals surface area contributed by atoms with E-state index < -0.39 is 5.51 Å². The summed E-state index contributed by atoms with van der Waals surface area (Å²) in [7, 11) is 3.12. The van der Waals surface area contributed by atoms with Crippen molar-refractivity contribution in [1.29, 1.82) is 0 Å². The van der Waals surface area contributed by atoms with E-state index in [-0.39, 0.29) is 17.6 Å². The number of thiazole rings is 1. The van der Waals surface area contributed by atoms with Crippen molar-refractivity contribution in [3.05, 3.63) is 46.8 Å². The monoisotopic (exact) mass is 446 g/mol. The predicted octanol–water partition coefficient (Wildman–Crippen LogP) is 6.73. The Kier molecular flexibility index (Phi) is 6.26. The number of nitrogens with one attached hydrogen (secondary N) is 1. The van der Waals surface area contributed by atoms with Crippen molar-refractivity contribution in [2.75, 3.05) is 18.9 Å². The second-order valence-corrected chi connectivity index (χ2v) is 7.59. The van der Waals surface area contributed by atoms with Crippen molar-refractivity contribution < 1.29 is 22.6 Å². The molecule has 0 aliphatic carbocycles. The Hall–Kier alpha value is -2.10. The summed E-state index contributed by atoms with van der Waals surface area (Å²) in [5.74, 6) is 1.21.